The fraction of sp³-hybridized carbons (Fsp3) is 0.292. The van der Waals surface area contributed by atoms with E-state index in [0.29, 0.717) is 41.2 Å². The summed E-state index contributed by atoms with van der Waals surface area (Å²) in [5.41, 5.74) is 6.00. The number of benzene rings is 2. The molecule has 2 heterocycles. The Morgan fingerprint density at radius 3 is 2.59 bits per heavy atom. The van der Waals surface area contributed by atoms with Crippen molar-refractivity contribution in [2.45, 2.75) is 41.1 Å². The van der Waals surface area contributed by atoms with Gasteiger partial charge < -0.3 is 10.5 Å². The highest BCUT2D eigenvalue weighted by Crippen LogP contribution is 2.41. The minimum absolute atomic E-state index is 0.133. The standard InChI is InChI=1S/C24H24FN3O3S/c1-15-14-24(23(26)30,11-13-31-15)18-4-3-5-20(21(18)25)32-17-8-6-16(7-9-17)22(29)19-10-12-27-28(19)2/h3-10,12,15H,11,13-14H2,1-2H3,(H2,26,30). The lowest BCUT2D eigenvalue weighted by Gasteiger charge is -2.38. The number of hydrogen-bond acceptors (Lipinski definition) is 5. The molecule has 1 aliphatic heterocycles. The molecule has 0 aliphatic carbocycles. The number of halogens is 1. The Kier molecular flexibility index (Phi) is 6.17. The molecule has 3 aromatic rings. The molecule has 8 heteroatoms. The van der Waals surface area contributed by atoms with E-state index in [4.69, 9.17) is 10.5 Å². The van der Waals surface area contributed by atoms with E-state index in [-0.39, 0.29) is 11.9 Å². The second-order valence-electron chi connectivity index (χ2n) is 8.00. The molecule has 1 aliphatic rings. The van der Waals surface area contributed by atoms with Crippen LogP contribution in [0.15, 0.2) is 64.5 Å². The van der Waals surface area contributed by atoms with Gasteiger partial charge in [-0.25, -0.2) is 4.39 Å². The fourth-order valence-corrected chi connectivity index (χ4v) is 5.06. The lowest BCUT2D eigenvalue weighted by molar-refractivity contribution is -0.129. The number of amides is 1. The lowest BCUT2D eigenvalue weighted by Crippen LogP contribution is -2.48. The smallest absolute Gasteiger partial charge is 0.228 e. The summed E-state index contributed by atoms with van der Waals surface area (Å²) in [6.45, 7) is 2.22. The predicted molar refractivity (Wildman–Crippen MR) is 119 cm³/mol. The van der Waals surface area contributed by atoms with E-state index >= 15 is 4.39 Å². The monoisotopic (exact) mass is 453 g/mol. The molecule has 32 heavy (non-hydrogen) atoms. The van der Waals surface area contributed by atoms with Crippen molar-refractivity contribution in [1.29, 1.82) is 0 Å². The number of carbonyl (C=O) groups is 2. The van der Waals surface area contributed by atoms with E-state index in [1.54, 1.807) is 61.8 Å². The summed E-state index contributed by atoms with van der Waals surface area (Å²) >= 11 is 1.24. The van der Waals surface area contributed by atoms with E-state index < -0.39 is 17.1 Å². The molecule has 1 aromatic heterocycles. The van der Waals surface area contributed by atoms with Gasteiger partial charge in [0.05, 0.1) is 11.5 Å². The van der Waals surface area contributed by atoms with Crippen molar-refractivity contribution in [2.75, 3.05) is 6.61 Å². The normalized spacial score (nSPS) is 20.8. The summed E-state index contributed by atoms with van der Waals surface area (Å²) in [5, 5.41) is 4.02. The Balaban J connectivity index is 1.60. The number of carbonyl (C=O) groups excluding carboxylic acids is 2. The van der Waals surface area contributed by atoms with Crippen LogP contribution >= 0.6 is 11.8 Å². The van der Waals surface area contributed by atoms with Gasteiger partial charge in [0.1, 0.15) is 11.5 Å². The van der Waals surface area contributed by atoms with Crippen molar-refractivity contribution in [2.24, 2.45) is 12.8 Å². The van der Waals surface area contributed by atoms with Gasteiger partial charge in [-0.05, 0) is 56.2 Å². The first-order valence-corrected chi connectivity index (χ1v) is 11.1. The van der Waals surface area contributed by atoms with Crippen LogP contribution < -0.4 is 5.73 Å². The molecule has 2 N–H and O–H groups in total. The predicted octanol–water partition coefficient (Wildman–Crippen LogP) is 3.86. The van der Waals surface area contributed by atoms with Gasteiger partial charge in [0.15, 0.2) is 0 Å². The maximum Gasteiger partial charge on any atom is 0.228 e. The number of ketones is 1. The van der Waals surface area contributed by atoms with Crippen LogP contribution in [0.2, 0.25) is 0 Å². The second-order valence-corrected chi connectivity index (χ2v) is 9.11. The Hall–Kier alpha value is -2.97. The lowest BCUT2D eigenvalue weighted by atomic mass is 9.71. The average molecular weight is 454 g/mol. The molecule has 1 fully saturated rings. The first-order valence-electron chi connectivity index (χ1n) is 10.3. The fourth-order valence-electron chi connectivity index (χ4n) is 4.19. The number of primary amides is 1. The number of nitrogens with two attached hydrogens (primary N) is 1. The summed E-state index contributed by atoms with van der Waals surface area (Å²) in [6, 6.07) is 13.7. The largest absolute Gasteiger partial charge is 0.378 e. The van der Waals surface area contributed by atoms with Gasteiger partial charge in [0, 0.05) is 40.8 Å². The van der Waals surface area contributed by atoms with E-state index in [0.717, 1.165) is 4.90 Å². The Morgan fingerprint density at radius 2 is 1.97 bits per heavy atom. The van der Waals surface area contributed by atoms with Crippen LogP contribution in [-0.2, 0) is 22.0 Å². The molecule has 0 spiro atoms. The molecule has 6 nitrogen and oxygen atoms in total. The molecule has 2 atom stereocenters. The zero-order valence-electron chi connectivity index (χ0n) is 17.9. The molecule has 1 amide bonds. The van der Waals surface area contributed by atoms with Gasteiger partial charge in [0.25, 0.3) is 0 Å². The van der Waals surface area contributed by atoms with E-state index in [9.17, 15) is 9.59 Å². The van der Waals surface area contributed by atoms with Gasteiger partial charge in [-0.1, -0.05) is 23.9 Å². The molecule has 2 unspecified atom stereocenters. The third kappa shape index (κ3) is 4.08. The van der Waals surface area contributed by atoms with E-state index in [2.05, 4.69) is 5.10 Å². The molecule has 0 saturated carbocycles. The van der Waals surface area contributed by atoms with Gasteiger partial charge in [0.2, 0.25) is 11.7 Å². The summed E-state index contributed by atoms with van der Waals surface area (Å²) in [5.74, 6) is -1.11. The molecule has 1 saturated heterocycles. The summed E-state index contributed by atoms with van der Waals surface area (Å²) in [6.07, 6.45) is 2.09. The summed E-state index contributed by atoms with van der Waals surface area (Å²) in [4.78, 5) is 26.2. The van der Waals surface area contributed by atoms with Crippen molar-refractivity contribution in [1.82, 2.24) is 9.78 Å². The number of hydrogen-bond donors (Lipinski definition) is 1. The minimum atomic E-state index is -1.09. The number of nitrogens with zero attached hydrogens (tertiary/aromatic N) is 2. The average Bonchev–Trinajstić information content (AvgIpc) is 3.21. The van der Waals surface area contributed by atoms with Crippen molar-refractivity contribution >= 4 is 23.5 Å². The van der Waals surface area contributed by atoms with Crippen molar-refractivity contribution in [3.05, 3.63) is 77.4 Å². The maximum absolute atomic E-state index is 15.6. The van der Waals surface area contributed by atoms with Crippen molar-refractivity contribution in [3.8, 4) is 0 Å². The first kappa shape index (κ1) is 22.2. The van der Waals surface area contributed by atoms with Crippen LogP contribution in [0.5, 0.6) is 0 Å². The highest BCUT2D eigenvalue weighted by molar-refractivity contribution is 7.99. The Morgan fingerprint density at radius 1 is 1.22 bits per heavy atom. The van der Waals surface area contributed by atoms with Gasteiger partial charge in [-0.3, -0.25) is 14.3 Å². The highest BCUT2D eigenvalue weighted by Gasteiger charge is 2.44. The summed E-state index contributed by atoms with van der Waals surface area (Å²) < 4.78 is 22.7. The van der Waals surface area contributed by atoms with Crippen molar-refractivity contribution < 1.29 is 18.7 Å². The summed E-state index contributed by atoms with van der Waals surface area (Å²) in [7, 11) is 1.71. The van der Waals surface area contributed by atoms with Crippen LogP contribution in [0.1, 0.15) is 41.4 Å². The Labute approximate surface area is 189 Å². The van der Waals surface area contributed by atoms with Gasteiger partial charge in [-0.15, -0.1) is 0 Å². The van der Waals surface area contributed by atoms with E-state index in [1.807, 2.05) is 6.92 Å². The first-order chi connectivity index (χ1) is 15.3. The molecule has 166 valence electrons. The SMILES string of the molecule is CC1CC(C(N)=O)(c2cccc(Sc3ccc(C(=O)c4ccnn4C)cc3)c2F)CCO1. The van der Waals surface area contributed by atoms with Gasteiger partial charge >= 0.3 is 0 Å². The minimum Gasteiger partial charge on any atom is -0.378 e. The van der Waals surface area contributed by atoms with Crippen LogP contribution in [0.25, 0.3) is 0 Å². The Bertz CT molecular complexity index is 1160. The molecule has 0 radical (unpaired) electrons. The zero-order valence-corrected chi connectivity index (χ0v) is 18.7. The third-order valence-electron chi connectivity index (χ3n) is 5.92. The number of aryl methyl sites for hydroxylation is 1. The van der Waals surface area contributed by atoms with Crippen LogP contribution in [0.4, 0.5) is 4.39 Å². The number of rotatable bonds is 6. The third-order valence-corrected chi connectivity index (χ3v) is 6.96. The maximum atomic E-state index is 15.6. The number of ether oxygens (including phenoxy) is 1. The molecule has 2 aromatic carbocycles. The second kappa shape index (κ2) is 8.88. The molecule has 4 rings (SSSR count). The van der Waals surface area contributed by atoms with Crippen LogP contribution in [-0.4, -0.2) is 34.2 Å². The number of aromatic nitrogens is 2. The zero-order chi connectivity index (χ0) is 22.9. The topological polar surface area (TPSA) is 87.2 Å². The van der Waals surface area contributed by atoms with Crippen LogP contribution in [0.3, 0.4) is 0 Å². The molecular formula is C24H24FN3O3S. The highest BCUT2D eigenvalue weighted by atomic mass is 32.2. The van der Waals surface area contributed by atoms with Gasteiger partial charge in [-0.2, -0.15) is 5.10 Å². The van der Waals surface area contributed by atoms with E-state index in [1.165, 1.54) is 16.4 Å². The van der Waals surface area contributed by atoms with Crippen LogP contribution in [0, 0.1) is 5.82 Å². The molecule has 0 bridgehead atoms. The van der Waals surface area contributed by atoms with Crippen molar-refractivity contribution in [3.63, 3.8) is 0 Å². The molecular weight excluding hydrogens is 429 g/mol. The quantitative estimate of drug-likeness (QED) is 0.573.